The fourth-order valence-electron chi connectivity index (χ4n) is 1.72. The molecular formula is C11H4F16N4O. The predicted octanol–water partition coefficient (Wildman–Crippen LogP) is 4.06. The number of nitrogens with zero attached hydrogens (tertiary/aromatic N) is 3. The van der Waals surface area contributed by atoms with E-state index in [4.69, 9.17) is 0 Å². The molecule has 5 nitrogen and oxygen atoms in total. The van der Waals surface area contributed by atoms with E-state index in [1.165, 1.54) is 0 Å². The van der Waals surface area contributed by atoms with Gasteiger partial charge in [0.05, 0.1) is 0 Å². The smallest absolute Gasteiger partial charge is 0.266 e. The average molecular weight is 512 g/mol. The van der Waals surface area contributed by atoms with E-state index in [-0.39, 0.29) is 17.3 Å². The zero-order valence-electron chi connectivity index (χ0n) is 14.0. The van der Waals surface area contributed by atoms with Gasteiger partial charge in [-0.3, -0.25) is 10.2 Å². The number of hydrogen-bond donors (Lipinski definition) is 1. The van der Waals surface area contributed by atoms with Gasteiger partial charge in [0.15, 0.2) is 0 Å². The first-order valence-corrected chi connectivity index (χ1v) is 7.03. The number of alkyl halides is 16. The third-order valence-corrected chi connectivity index (χ3v) is 3.60. The molecule has 0 saturated carbocycles. The molecule has 0 bridgehead atoms. The van der Waals surface area contributed by atoms with Crippen LogP contribution in [0.15, 0.2) is 12.7 Å². The Morgan fingerprint density at radius 1 is 0.656 bits per heavy atom. The van der Waals surface area contributed by atoms with Crippen LogP contribution in [0.2, 0.25) is 0 Å². The summed E-state index contributed by atoms with van der Waals surface area (Å²) in [7, 11) is 0. The Morgan fingerprint density at radius 3 is 1.38 bits per heavy atom. The first-order valence-electron chi connectivity index (χ1n) is 7.03. The van der Waals surface area contributed by atoms with Gasteiger partial charge in [-0.2, -0.15) is 61.5 Å². The molecule has 1 aromatic rings. The first kappa shape index (κ1) is 27.5. The number of hydrogen-bond acceptors (Lipinski definition) is 3. The Bertz CT molecular complexity index is 820. The molecule has 1 N–H and O–H groups in total. The summed E-state index contributed by atoms with van der Waals surface area (Å²) in [6, 6.07) is 0. The Labute approximate surface area is 163 Å². The second-order valence-corrected chi connectivity index (χ2v) is 5.68. The standard InChI is InChI=1S/C11H4F16N4O/c12-3(13)5(14,15)7(18,19)9(22,23)11(26,27)10(24,25)8(20,21)6(16,17)4(32)30-31-1-28-29-2-31/h1-3H,(H,30,32). The van der Waals surface area contributed by atoms with E-state index in [9.17, 15) is 75.0 Å². The van der Waals surface area contributed by atoms with E-state index < -0.39 is 53.8 Å². The average Bonchev–Trinajstić information content (AvgIpc) is 3.13. The van der Waals surface area contributed by atoms with E-state index in [1.54, 1.807) is 0 Å². The Hall–Kier alpha value is -2.51. The van der Waals surface area contributed by atoms with Crippen molar-refractivity contribution in [2.75, 3.05) is 5.43 Å². The molecule has 1 amide bonds. The van der Waals surface area contributed by atoms with Crippen molar-refractivity contribution in [3.05, 3.63) is 12.7 Å². The third-order valence-electron chi connectivity index (χ3n) is 3.60. The number of carbonyl (C=O) groups is 1. The maximum atomic E-state index is 13.5. The minimum atomic E-state index is -8.56. The summed E-state index contributed by atoms with van der Waals surface area (Å²) >= 11 is 0. The molecule has 0 atom stereocenters. The van der Waals surface area contributed by atoms with Crippen LogP contribution in [-0.2, 0) is 4.79 Å². The molecule has 0 aromatic carbocycles. The summed E-state index contributed by atoms with van der Waals surface area (Å²) in [5.74, 6) is -59.9. The van der Waals surface area contributed by atoms with Crippen LogP contribution < -0.4 is 5.43 Å². The maximum Gasteiger partial charge on any atom is 0.394 e. The van der Waals surface area contributed by atoms with Gasteiger partial charge in [0, 0.05) is 0 Å². The van der Waals surface area contributed by atoms with E-state index in [2.05, 4.69) is 10.2 Å². The van der Waals surface area contributed by atoms with E-state index >= 15 is 0 Å². The monoisotopic (exact) mass is 512 g/mol. The quantitative estimate of drug-likeness (QED) is 0.508. The molecule has 0 spiro atoms. The molecule has 0 radical (unpaired) electrons. The van der Waals surface area contributed by atoms with Crippen LogP contribution in [0.5, 0.6) is 0 Å². The molecule has 186 valence electrons. The van der Waals surface area contributed by atoms with Crippen LogP contribution in [-0.4, -0.2) is 68.7 Å². The number of amides is 1. The molecule has 0 aliphatic carbocycles. The summed E-state index contributed by atoms with van der Waals surface area (Å²) in [6.07, 6.45) is -5.48. The molecular weight excluding hydrogens is 508 g/mol. The van der Waals surface area contributed by atoms with E-state index in [1.807, 2.05) is 0 Å². The molecule has 0 saturated heterocycles. The van der Waals surface area contributed by atoms with Gasteiger partial charge in [-0.1, -0.05) is 0 Å². The highest BCUT2D eigenvalue weighted by Gasteiger charge is 2.94. The van der Waals surface area contributed by atoms with Gasteiger partial charge < -0.3 is 0 Å². The molecule has 0 aliphatic rings. The summed E-state index contributed by atoms with van der Waals surface area (Å²) in [4.78, 5) is 11.1. The molecule has 1 heterocycles. The lowest BCUT2D eigenvalue weighted by Crippen LogP contribution is -2.74. The molecule has 0 fully saturated rings. The zero-order valence-corrected chi connectivity index (χ0v) is 14.0. The van der Waals surface area contributed by atoms with E-state index in [0.29, 0.717) is 5.43 Å². The van der Waals surface area contributed by atoms with Gasteiger partial charge in [-0.15, -0.1) is 10.2 Å². The van der Waals surface area contributed by atoms with Crippen molar-refractivity contribution in [3.8, 4) is 0 Å². The molecule has 0 aliphatic heterocycles. The molecule has 21 heteroatoms. The van der Waals surface area contributed by atoms with Crippen LogP contribution in [0, 0.1) is 0 Å². The molecule has 0 unspecified atom stereocenters. The van der Waals surface area contributed by atoms with Crippen LogP contribution in [0.3, 0.4) is 0 Å². The number of nitrogens with one attached hydrogen (secondary N) is 1. The Morgan fingerprint density at radius 2 is 1.00 bits per heavy atom. The fourth-order valence-corrected chi connectivity index (χ4v) is 1.72. The SMILES string of the molecule is O=C(Nn1cnnc1)C(F)(F)C(F)(F)C(F)(F)C(F)(F)C(F)(F)C(F)(F)C(F)(F)C(F)F. The van der Waals surface area contributed by atoms with E-state index in [0.717, 1.165) is 0 Å². The minimum Gasteiger partial charge on any atom is -0.266 e. The fraction of sp³-hybridized carbons (Fsp3) is 0.727. The van der Waals surface area contributed by atoms with Crippen LogP contribution in [0.25, 0.3) is 0 Å². The Balaban J connectivity index is 3.53. The normalized spacial score (nSPS) is 15.3. The summed E-state index contributed by atoms with van der Waals surface area (Å²) < 4.78 is 209. The topological polar surface area (TPSA) is 59.8 Å². The van der Waals surface area contributed by atoms with Gasteiger partial charge in [0.1, 0.15) is 12.7 Å². The number of rotatable bonds is 9. The third kappa shape index (κ3) is 3.48. The van der Waals surface area contributed by atoms with Gasteiger partial charge in [-0.25, -0.2) is 13.5 Å². The number of carbonyl (C=O) groups excluding carboxylic acids is 1. The summed E-state index contributed by atoms with van der Waals surface area (Å²) in [5.41, 5.74) is 0.590. The summed E-state index contributed by atoms with van der Waals surface area (Å²) in [6.45, 7) is 0. The maximum absolute atomic E-state index is 13.5. The van der Waals surface area contributed by atoms with Crippen molar-refractivity contribution >= 4 is 5.91 Å². The van der Waals surface area contributed by atoms with Crippen molar-refractivity contribution < 1.29 is 75.0 Å². The second-order valence-electron chi connectivity index (χ2n) is 5.68. The van der Waals surface area contributed by atoms with Gasteiger partial charge >= 0.3 is 53.8 Å². The molecule has 32 heavy (non-hydrogen) atoms. The van der Waals surface area contributed by atoms with Crippen molar-refractivity contribution in [2.45, 2.75) is 47.9 Å². The highest BCUT2D eigenvalue weighted by Crippen LogP contribution is 2.62. The zero-order chi connectivity index (χ0) is 25.8. The molecule has 1 aromatic heterocycles. The summed E-state index contributed by atoms with van der Waals surface area (Å²) in [5, 5.41) is 5.57. The van der Waals surface area contributed by atoms with Crippen LogP contribution in [0.4, 0.5) is 70.2 Å². The lowest BCUT2D eigenvalue weighted by molar-refractivity contribution is -0.443. The largest absolute Gasteiger partial charge is 0.394 e. The highest BCUT2D eigenvalue weighted by atomic mass is 19.4. The lowest BCUT2D eigenvalue weighted by atomic mass is 9.89. The minimum absolute atomic E-state index is 0.172. The lowest BCUT2D eigenvalue weighted by Gasteiger charge is -2.42. The van der Waals surface area contributed by atoms with Crippen molar-refractivity contribution in [1.82, 2.24) is 14.9 Å². The Kier molecular flexibility index (Phi) is 6.47. The predicted molar refractivity (Wildman–Crippen MR) is 65.0 cm³/mol. The van der Waals surface area contributed by atoms with Crippen molar-refractivity contribution in [3.63, 3.8) is 0 Å². The second kappa shape index (κ2) is 7.52. The van der Waals surface area contributed by atoms with Crippen molar-refractivity contribution in [2.24, 2.45) is 0 Å². The highest BCUT2D eigenvalue weighted by molar-refractivity contribution is 5.91. The van der Waals surface area contributed by atoms with Crippen LogP contribution in [0.1, 0.15) is 0 Å². The van der Waals surface area contributed by atoms with Gasteiger partial charge in [0.2, 0.25) is 0 Å². The van der Waals surface area contributed by atoms with Gasteiger partial charge in [0.25, 0.3) is 0 Å². The van der Waals surface area contributed by atoms with Crippen molar-refractivity contribution in [1.29, 1.82) is 0 Å². The molecule has 1 rings (SSSR count). The van der Waals surface area contributed by atoms with Gasteiger partial charge in [-0.05, 0) is 0 Å². The first-order chi connectivity index (χ1) is 13.9. The van der Waals surface area contributed by atoms with Crippen LogP contribution >= 0.6 is 0 Å². The number of halogens is 16. The number of aromatic nitrogens is 3.